The molecule has 0 heterocycles. The summed E-state index contributed by atoms with van der Waals surface area (Å²) in [4.78, 5) is 0. The fourth-order valence-corrected chi connectivity index (χ4v) is 0.558. The van der Waals surface area contributed by atoms with Crippen LogP contribution in [0.5, 0.6) is 0 Å². The molecule has 0 aromatic rings. The molecule has 0 aromatic heterocycles. The van der Waals surface area contributed by atoms with Crippen LogP contribution in [0.25, 0.3) is 0 Å². The Kier molecular flexibility index (Phi) is 6.36. The summed E-state index contributed by atoms with van der Waals surface area (Å²) in [7, 11) is 0. The van der Waals surface area contributed by atoms with Gasteiger partial charge in [0.15, 0.2) is 0 Å². The second kappa shape index (κ2) is 6.84. The fraction of sp³-hybridized carbons (Fsp3) is 0. The van der Waals surface area contributed by atoms with Gasteiger partial charge in [-0.1, -0.05) is 20.4 Å². The Bertz CT molecular complexity index is 402. The van der Waals surface area contributed by atoms with Crippen LogP contribution in [-0.4, -0.2) is 0 Å². The minimum Gasteiger partial charge on any atom is -0.288 e. The van der Waals surface area contributed by atoms with E-state index in [4.69, 9.17) is 0 Å². The summed E-state index contributed by atoms with van der Waals surface area (Å²) in [5.41, 5.74) is 15.3. The van der Waals surface area contributed by atoms with E-state index in [1.807, 2.05) is 0 Å². The summed E-state index contributed by atoms with van der Waals surface area (Å²) in [6.45, 7) is 0. The Morgan fingerprint density at radius 2 is 1.92 bits per heavy atom. The molecule has 0 saturated carbocycles. The summed E-state index contributed by atoms with van der Waals surface area (Å²) in [5.74, 6) is 0. The SMILES string of the molecule is BrC1=C=C=C=[C-]1.[C]1=C=C=C=[C-]1.[Fe+2]. The van der Waals surface area contributed by atoms with E-state index in [0.717, 1.165) is 4.48 Å². The third-order valence-corrected chi connectivity index (χ3v) is 1.12. The van der Waals surface area contributed by atoms with Crippen molar-refractivity contribution in [3.8, 4) is 0 Å². The summed E-state index contributed by atoms with van der Waals surface area (Å²) >= 11 is 3.11. The van der Waals surface area contributed by atoms with E-state index >= 15 is 0 Å². The number of hydrogen-bond acceptors (Lipinski definition) is 0. The average Bonchev–Trinajstić information content (AvgIpc) is 2.57. The van der Waals surface area contributed by atoms with Crippen LogP contribution >= 0.6 is 15.9 Å². The van der Waals surface area contributed by atoms with Gasteiger partial charge in [-0.2, -0.15) is 0 Å². The van der Waals surface area contributed by atoms with Crippen LogP contribution in [0.2, 0.25) is 0 Å². The zero-order chi connectivity index (χ0) is 7.94. The van der Waals surface area contributed by atoms with Crippen molar-refractivity contribution in [1.82, 2.24) is 0 Å². The Hall–Kier alpha value is -0.841. The molecule has 0 saturated heterocycles. The molecule has 0 spiro atoms. The number of rotatable bonds is 0. The Morgan fingerprint density at radius 1 is 1.08 bits per heavy atom. The largest absolute Gasteiger partial charge is 2.00 e. The molecule has 55 valence electrons. The molecule has 1 radical (unpaired) electrons. The van der Waals surface area contributed by atoms with Crippen LogP contribution < -0.4 is 0 Å². The number of hydrogen-bond donors (Lipinski definition) is 0. The van der Waals surface area contributed by atoms with Gasteiger partial charge in [-0.3, -0.25) is 22.9 Å². The smallest absolute Gasteiger partial charge is 0.288 e. The molecule has 0 nitrogen and oxygen atoms in total. The van der Waals surface area contributed by atoms with Gasteiger partial charge in [-0.15, -0.1) is 18.2 Å². The number of halogens is 1. The predicted molar refractivity (Wildman–Crippen MR) is 43.2 cm³/mol. The topological polar surface area (TPSA) is 0 Å². The van der Waals surface area contributed by atoms with Crippen molar-refractivity contribution in [2.24, 2.45) is 0 Å². The Morgan fingerprint density at radius 3 is 2.08 bits per heavy atom. The molecule has 0 fully saturated rings. The molecule has 2 aliphatic carbocycles. The van der Waals surface area contributed by atoms with Crippen molar-refractivity contribution >= 4 is 15.9 Å². The van der Waals surface area contributed by atoms with Gasteiger partial charge in [-0.05, 0) is 0 Å². The molecule has 2 rings (SSSR count). The zero-order valence-corrected chi connectivity index (χ0v) is 8.42. The predicted octanol–water partition coefficient (Wildman–Crippen LogP) is 2.17. The quantitative estimate of drug-likeness (QED) is 0.354. The number of allylic oxidation sites excluding steroid dienone is 4. The molecule has 0 bridgehead atoms. The molecule has 0 atom stereocenters. The van der Waals surface area contributed by atoms with Gasteiger partial charge in [-0.25, -0.2) is 11.5 Å². The monoisotopic (exact) mass is 255 g/mol. The third-order valence-electron chi connectivity index (χ3n) is 0.719. The molecule has 2 heteroatoms. The molecule has 12 heavy (non-hydrogen) atoms. The fourth-order valence-electron chi connectivity index (χ4n) is 0.360. The van der Waals surface area contributed by atoms with E-state index < -0.39 is 0 Å². The van der Waals surface area contributed by atoms with Gasteiger partial charge in [0.05, 0.1) is 0 Å². The minimum absolute atomic E-state index is 0. The van der Waals surface area contributed by atoms with E-state index in [1.165, 1.54) is 0 Å². The molecular weight excluding hydrogens is 256 g/mol. The van der Waals surface area contributed by atoms with E-state index in [2.05, 4.69) is 68.5 Å². The first kappa shape index (κ1) is 11.2. The molecular formula is C10BrFe. The molecule has 2 aliphatic rings. The maximum atomic E-state index is 3.11. The average molecular weight is 256 g/mol. The zero-order valence-electron chi connectivity index (χ0n) is 5.73. The van der Waals surface area contributed by atoms with Crippen molar-refractivity contribution in [2.75, 3.05) is 0 Å². The summed E-state index contributed by atoms with van der Waals surface area (Å²) in [5, 5.41) is 0. The van der Waals surface area contributed by atoms with Gasteiger partial charge in [0.25, 0.3) is 0 Å². The third kappa shape index (κ3) is 4.90. The van der Waals surface area contributed by atoms with E-state index in [9.17, 15) is 0 Å². The Labute approximate surface area is 90.0 Å². The van der Waals surface area contributed by atoms with E-state index in [0.29, 0.717) is 0 Å². The van der Waals surface area contributed by atoms with Crippen molar-refractivity contribution in [1.29, 1.82) is 0 Å². The van der Waals surface area contributed by atoms with Gasteiger partial charge in [0.1, 0.15) is 0 Å². The van der Waals surface area contributed by atoms with E-state index in [-0.39, 0.29) is 17.1 Å². The first-order valence-corrected chi connectivity index (χ1v) is 3.48. The summed E-state index contributed by atoms with van der Waals surface area (Å²) in [6.07, 6.45) is 7.68. The van der Waals surface area contributed by atoms with Crippen LogP contribution in [0.15, 0.2) is 38.9 Å². The van der Waals surface area contributed by atoms with Crippen LogP contribution in [0.4, 0.5) is 0 Å². The van der Waals surface area contributed by atoms with Gasteiger partial charge in [0.2, 0.25) is 0 Å². The molecule has 0 aliphatic heterocycles. The second-order valence-corrected chi connectivity index (χ2v) is 2.23. The summed E-state index contributed by atoms with van der Waals surface area (Å²) in [6, 6.07) is 0. The first-order chi connectivity index (χ1) is 5.39. The normalized spacial score (nSPS) is 11.2. The maximum absolute atomic E-state index is 3.11. The molecule has 0 amide bonds. The van der Waals surface area contributed by atoms with Crippen LogP contribution in [0.1, 0.15) is 0 Å². The minimum atomic E-state index is 0. The van der Waals surface area contributed by atoms with Gasteiger partial charge in [0, 0.05) is 0 Å². The second-order valence-electron chi connectivity index (χ2n) is 1.44. The van der Waals surface area contributed by atoms with Gasteiger partial charge >= 0.3 is 17.1 Å². The molecule has 0 aromatic carbocycles. The van der Waals surface area contributed by atoms with Crippen LogP contribution in [0.3, 0.4) is 0 Å². The molecule has 0 N–H and O–H groups in total. The van der Waals surface area contributed by atoms with Crippen LogP contribution in [0, 0.1) is 18.2 Å². The summed E-state index contributed by atoms with van der Waals surface area (Å²) < 4.78 is 0.794. The molecule has 0 unspecified atom stereocenters. The Balaban J connectivity index is 0.000000189. The van der Waals surface area contributed by atoms with Crippen molar-refractivity contribution in [3.05, 3.63) is 57.1 Å². The van der Waals surface area contributed by atoms with Crippen molar-refractivity contribution in [2.45, 2.75) is 0 Å². The van der Waals surface area contributed by atoms with Gasteiger partial charge < -0.3 is 0 Å². The van der Waals surface area contributed by atoms with Crippen molar-refractivity contribution < 1.29 is 17.1 Å². The van der Waals surface area contributed by atoms with E-state index in [1.54, 1.807) is 0 Å². The van der Waals surface area contributed by atoms with Crippen LogP contribution in [-0.2, 0) is 17.1 Å². The van der Waals surface area contributed by atoms with Crippen molar-refractivity contribution in [3.63, 3.8) is 0 Å². The standard InChI is InChI=1S/C5Br.C5.Fe/c6-5-3-1-2-4-5;1-2-4-5-3-1;/q2*-1;+2. The maximum Gasteiger partial charge on any atom is 2.00 e. The first-order valence-electron chi connectivity index (χ1n) is 2.69.